The highest BCUT2D eigenvalue weighted by Crippen LogP contribution is 2.25. The number of hydrogen-bond acceptors (Lipinski definition) is 4. The van der Waals surface area contributed by atoms with Crippen LogP contribution in [-0.4, -0.2) is 33.5 Å². The zero-order chi connectivity index (χ0) is 24.1. The molecule has 0 heterocycles. The molecule has 33 heavy (non-hydrogen) atoms. The Kier molecular flexibility index (Phi) is 7.43. The van der Waals surface area contributed by atoms with Gasteiger partial charge in [-0.15, -0.1) is 0 Å². The van der Waals surface area contributed by atoms with E-state index in [9.17, 15) is 13.2 Å². The Labute approximate surface area is 196 Å². The van der Waals surface area contributed by atoms with Crippen LogP contribution in [-0.2, 0) is 21.2 Å². The molecule has 0 saturated carbocycles. The average Bonchev–Trinajstić information content (AvgIpc) is 2.78. The highest BCUT2D eigenvalue weighted by Gasteiger charge is 2.29. The third-order valence-corrected chi connectivity index (χ3v) is 7.01. The normalized spacial score (nSPS) is 11.6. The number of amides is 1. The maximum absolute atomic E-state index is 13.5. The molecule has 3 aromatic carbocycles. The molecule has 0 aliphatic carbocycles. The minimum atomic E-state index is -3.98. The van der Waals surface area contributed by atoms with Crippen molar-refractivity contribution in [2.24, 2.45) is 0 Å². The highest BCUT2D eigenvalue weighted by molar-refractivity contribution is 7.92. The second-order valence-electron chi connectivity index (χ2n) is 8.62. The fourth-order valence-electron chi connectivity index (χ4n) is 3.60. The summed E-state index contributed by atoms with van der Waals surface area (Å²) < 4.78 is 33.3. The number of hydrogen-bond donors (Lipinski definition) is 1. The summed E-state index contributed by atoms with van der Waals surface area (Å²) in [5, 5.41) is 2.99. The smallest absolute Gasteiger partial charge is 0.264 e. The first-order valence-electron chi connectivity index (χ1n) is 10.7. The van der Waals surface area contributed by atoms with Crippen LogP contribution in [0.3, 0.4) is 0 Å². The number of sulfonamides is 1. The Bertz CT molecular complexity index is 1170. The van der Waals surface area contributed by atoms with Gasteiger partial charge in [0.2, 0.25) is 5.91 Å². The van der Waals surface area contributed by atoms with Gasteiger partial charge >= 0.3 is 0 Å². The lowest BCUT2D eigenvalue weighted by Gasteiger charge is -2.29. The minimum absolute atomic E-state index is 0.0835. The van der Waals surface area contributed by atoms with E-state index in [1.807, 2.05) is 63.2 Å². The average molecular weight is 467 g/mol. The molecule has 0 aliphatic heterocycles. The van der Waals surface area contributed by atoms with Gasteiger partial charge in [-0.05, 0) is 69.2 Å². The van der Waals surface area contributed by atoms with Crippen molar-refractivity contribution < 1.29 is 17.9 Å². The number of rotatable bonds is 9. The number of methoxy groups -OCH3 is 1. The zero-order valence-electron chi connectivity index (χ0n) is 19.4. The molecule has 0 radical (unpaired) electrons. The molecule has 0 saturated heterocycles. The summed E-state index contributed by atoms with van der Waals surface area (Å²) in [5.41, 5.74) is 1.95. The van der Waals surface area contributed by atoms with Crippen LogP contribution in [0.2, 0.25) is 0 Å². The summed E-state index contributed by atoms with van der Waals surface area (Å²) in [4.78, 5) is 13.1. The molecule has 6 nitrogen and oxygen atoms in total. The summed E-state index contributed by atoms with van der Waals surface area (Å²) in [7, 11) is -2.47. The predicted octanol–water partition coefficient (Wildman–Crippen LogP) is 4.34. The van der Waals surface area contributed by atoms with Crippen molar-refractivity contribution in [1.82, 2.24) is 5.32 Å². The molecule has 0 bridgehead atoms. The quantitative estimate of drug-likeness (QED) is 0.509. The monoisotopic (exact) mass is 466 g/mol. The maximum atomic E-state index is 13.5. The third kappa shape index (κ3) is 6.35. The topological polar surface area (TPSA) is 75.7 Å². The molecule has 0 fully saturated rings. The molecule has 3 rings (SSSR count). The first-order valence-corrected chi connectivity index (χ1v) is 12.1. The van der Waals surface area contributed by atoms with Crippen molar-refractivity contribution in [2.75, 3.05) is 18.0 Å². The van der Waals surface area contributed by atoms with Crippen LogP contribution in [0.5, 0.6) is 5.75 Å². The van der Waals surface area contributed by atoms with Gasteiger partial charge in [-0.25, -0.2) is 8.42 Å². The fraction of sp³-hybridized carbons (Fsp3) is 0.269. The van der Waals surface area contributed by atoms with Crippen LogP contribution in [0.25, 0.3) is 0 Å². The fourth-order valence-corrected chi connectivity index (χ4v) is 5.02. The van der Waals surface area contributed by atoms with Gasteiger partial charge in [-0.2, -0.15) is 0 Å². The lowest BCUT2D eigenvalue weighted by atomic mass is 9.95. The molecule has 0 aliphatic rings. The number of carbonyl (C=O) groups excluding carboxylic acids is 1. The Morgan fingerprint density at radius 1 is 0.939 bits per heavy atom. The summed E-state index contributed by atoms with van der Waals surface area (Å²) >= 11 is 0. The van der Waals surface area contributed by atoms with Crippen LogP contribution < -0.4 is 14.4 Å². The standard InChI is InChI=1S/C26H30N2O4S/c1-20-10-12-22(13-11-20)28(33(30,31)24-16-14-23(32-4)15-17-24)19-25(29)27-26(2,3)18-21-8-6-5-7-9-21/h5-17H,18-19H2,1-4H3,(H,27,29). The number of aryl methyl sites for hydroxylation is 1. The van der Waals surface area contributed by atoms with E-state index in [0.717, 1.165) is 15.4 Å². The molecule has 0 unspecified atom stereocenters. The largest absolute Gasteiger partial charge is 0.497 e. The van der Waals surface area contributed by atoms with E-state index in [1.165, 1.54) is 19.2 Å². The predicted molar refractivity (Wildman–Crippen MR) is 131 cm³/mol. The van der Waals surface area contributed by atoms with E-state index >= 15 is 0 Å². The molecule has 0 spiro atoms. The van der Waals surface area contributed by atoms with Crippen molar-refractivity contribution in [3.8, 4) is 5.75 Å². The van der Waals surface area contributed by atoms with E-state index in [4.69, 9.17) is 4.74 Å². The van der Waals surface area contributed by atoms with Crippen molar-refractivity contribution >= 4 is 21.6 Å². The Balaban J connectivity index is 1.86. The molecule has 0 atom stereocenters. The zero-order valence-corrected chi connectivity index (χ0v) is 20.2. The molecule has 7 heteroatoms. The van der Waals surface area contributed by atoms with E-state index in [0.29, 0.717) is 17.9 Å². The van der Waals surface area contributed by atoms with Gasteiger partial charge in [0.15, 0.2) is 0 Å². The molecule has 3 aromatic rings. The lowest BCUT2D eigenvalue weighted by Crippen LogP contribution is -2.50. The second-order valence-corrected chi connectivity index (χ2v) is 10.5. The number of nitrogens with one attached hydrogen (secondary N) is 1. The molecule has 1 N–H and O–H groups in total. The Morgan fingerprint density at radius 2 is 1.55 bits per heavy atom. The van der Waals surface area contributed by atoms with Crippen LogP contribution in [0, 0.1) is 6.92 Å². The summed E-state index contributed by atoms with van der Waals surface area (Å²) in [6.45, 7) is 5.43. The van der Waals surface area contributed by atoms with Crippen molar-refractivity contribution in [3.63, 3.8) is 0 Å². The van der Waals surface area contributed by atoms with Crippen LogP contribution in [0.1, 0.15) is 25.0 Å². The van der Waals surface area contributed by atoms with Crippen LogP contribution in [0.15, 0.2) is 83.8 Å². The highest BCUT2D eigenvalue weighted by atomic mass is 32.2. The first kappa shape index (κ1) is 24.3. The SMILES string of the molecule is COc1ccc(S(=O)(=O)N(CC(=O)NC(C)(C)Cc2ccccc2)c2ccc(C)cc2)cc1. The van der Waals surface area contributed by atoms with E-state index in [2.05, 4.69) is 5.32 Å². The molecular weight excluding hydrogens is 436 g/mol. The first-order chi connectivity index (χ1) is 15.6. The molecule has 0 aromatic heterocycles. The third-order valence-electron chi connectivity index (χ3n) is 5.22. The van der Waals surface area contributed by atoms with Gasteiger partial charge in [-0.1, -0.05) is 48.0 Å². The summed E-state index contributed by atoms with van der Waals surface area (Å²) in [6.07, 6.45) is 0.620. The number of carbonyl (C=O) groups is 1. The van der Waals surface area contributed by atoms with E-state index < -0.39 is 15.6 Å². The summed E-state index contributed by atoms with van der Waals surface area (Å²) in [5.74, 6) is 0.171. The van der Waals surface area contributed by atoms with Gasteiger partial charge in [0.1, 0.15) is 12.3 Å². The minimum Gasteiger partial charge on any atom is -0.497 e. The maximum Gasteiger partial charge on any atom is 0.264 e. The van der Waals surface area contributed by atoms with Gasteiger partial charge in [0, 0.05) is 5.54 Å². The van der Waals surface area contributed by atoms with E-state index in [-0.39, 0.29) is 17.3 Å². The number of benzene rings is 3. The lowest BCUT2D eigenvalue weighted by molar-refractivity contribution is -0.121. The molecule has 174 valence electrons. The second kappa shape index (κ2) is 10.1. The van der Waals surface area contributed by atoms with Crippen LogP contribution in [0.4, 0.5) is 5.69 Å². The van der Waals surface area contributed by atoms with Gasteiger partial charge in [-0.3, -0.25) is 9.10 Å². The molecule has 1 amide bonds. The van der Waals surface area contributed by atoms with Gasteiger partial charge < -0.3 is 10.1 Å². The van der Waals surface area contributed by atoms with Gasteiger partial charge in [0.25, 0.3) is 10.0 Å². The summed E-state index contributed by atoms with van der Waals surface area (Å²) in [6, 6.07) is 23.0. The van der Waals surface area contributed by atoms with E-state index in [1.54, 1.807) is 24.3 Å². The van der Waals surface area contributed by atoms with Crippen molar-refractivity contribution in [2.45, 2.75) is 37.6 Å². The van der Waals surface area contributed by atoms with Crippen molar-refractivity contribution in [3.05, 3.63) is 90.0 Å². The van der Waals surface area contributed by atoms with Crippen molar-refractivity contribution in [1.29, 1.82) is 0 Å². The number of anilines is 1. The number of ether oxygens (including phenoxy) is 1. The Hall–Kier alpha value is -3.32. The van der Waals surface area contributed by atoms with Crippen LogP contribution >= 0.6 is 0 Å². The Morgan fingerprint density at radius 3 is 2.12 bits per heavy atom. The van der Waals surface area contributed by atoms with Gasteiger partial charge in [0.05, 0.1) is 17.7 Å². The molecular formula is C26H30N2O4S. The number of nitrogens with zero attached hydrogens (tertiary/aromatic N) is 1.